The van der Waals surface area contributed by atoms with E-state index in [2.05, 4.69) is 6.58 Å². The van der Waals surface area contributed by atoms with Gasteiger partial charge in [0.2, 0.25) is 0 Å². The Bertz CT molecular complexity index is 365. The lowest BCUT2D eigenvalue weighted by molar-refractivity contribution is 0.101. The summed E-state index contributed by atoms with van der Waals surface area (Å²) in [6, 6.07) is 7.33. The number of carbonyl (C=O) groups excluding carboxylic acids is 1. The number of carbonyl (C=O) groups is 1. The lowest BCUT2D eigenvalue weighted by atomic mass is 10.1. The largest absolute Gasteiger partial charge is 0.494 e. The number of ketones is 1. The van der Waals surface area contributed by atoms with E-state index >= 15 is 0 Å². The minimum absolute atomic E-state index is 0. The molecule has 19 heavy (non-hydrogen) atoms. The number of benzene rings is 1. The zero-order valence-corrected chi connectivity index (χ0v) is 11.2. The van der Waals surface area contributed by atoms with Crippen molar-refractivity contribution in [3.8, 4) is 5.75 Å². The molecule has 0 spiro atoms. The van der Waals surface area contributed by atoms with Crippen molar-refractivity contribution in [2.24, 2.45) is 0 Å². The zero-order chi connectivity index (χ0) is 13.2. The van der Waals surface area contributed by atoms with Crippen LogP contribution < -0.4 is 4.74 Å². The molecular weight excluding hydrogens is 236 g/mol. The molecule has 0 amide bonds. The van der Waals surface area contributed by atoms with Crippen molar-refractivity contribution in [1.29, 1.82) is 0 Å². The van der Waals surface area contributed by atoms with Gasteiger partial charge in [-0.15, -0.1) is 6.58 Å². The van der Waals surface area contributed by atoms with E-state index < -0.39 is 0 Å². The Morgan fingerprint density at radius 2 is 1.79 bits per heavy atom. The molecule has 0 fully saturated rings. The number of ether oxygens (including phenoxy) is 1. The summed E-state index contributed by atoms with van der Waals surface area (Å²) in [5.41, 5.74) is 0.728. The van der Waals surface area contributed by atoms with E-state index in [9.17, 15) is 4.79 Å². The molecule has 0 heterocycles. The molecule has 0 aliphatic rings. The minimum Gasteiger partial charge on any atom is -0.494 e. The van der Waals surface area contributed by atoms with Crippen LogP contribution in [-0.2, 0) is 0 Å². The third-order valence-electron chi connectivity index (χ3n) is 2.83. The summed E-state index contributed by atoms with van der Waals surface area (Å²) in [6.07, 6.45) is 7.79. The van der Waals surface area contributed by atoms with Gasteiger partial charge in [-0.25, -0.2) is 0 Å². The Balaban J connectivity index is 0.00000324. The predicted molar refractivity (Wildman–Crippen MR) is 82.0 cm³/mol. The van der Waals surface area contributed by atoms with Crippen LogP contribution in [0, 0.1) is 0 Å². The summed E-state index contributed by atoms with van der Waals surface area (Å²) in [6.45, 7) is 6.02. The van der Waals surface area contributed by atoms with Crippen molar-refractivity contribution < 1.29 is 9.53 Å². The van der Waals surface area contributed by atoms with Crippen LogP contribution in [0.5, 0.6) is 5.75 Å². The van der Waals surface area contributed by atoms with E-state index in [-0.39, 0.29) is 13.2 Å². The van der Waals surface area contributed by atoms with Gasteiger partial charge in [-0.3, -0.25) is 4.79 Å². The number of hydrogen-bond donors (Lipinski definition) is 0. The molecule has 106 valence electrons. The highest BCUT2D eigenvalue weighted by Gasteiger charge is 1.99. The van der Waals surface area contributed by atoms with Crippen LogP contribution in [0.2, 0.25) is 0 Å². The quantitative estimate of drug-likeness (QED) is 0.354. The van der Waals surface area contributed by atoms with Gasteiger partial charge in [-0.1, -0.05) is 26.3 Å². The van der Waals surface area contributed by atoms with Gasteiger partial charge < -0.3 is 4.74 Å². The van der Waals surface area contributed by atoms with Crippen LogP contribution >= 0.6 is 0 Å². The Morgan fingerprint density at radius 3 is 2.37 bits per heavy atom. The second-order valence-electron chi connectivity index (χ2n) is 4.42. The molecule has 0 N–H and O–H groups in total. The molecule has 0 saturated carbocycles. The van der Waals surface area contributed by atoms with Crippen LogP contribution in [0.3, 0.4) is 0 Å². The summed E-state index contributed by atoms with van der Waals surface area (Å²) in [5, 5.41) is 0. The van der Waals surface area contributed by atoms with Crippen molar-refractivity contribution in [3.05, 3.63) is 42.5 Å². The van der Waals surface area contributed by atoms with Crippen molar-refractivity contribution in [1.82, 2.24) is 0 Å². The molecule has 2 nitrogen and oxygen atoms in total. The Kier molecular flexibility index (Phi) is 9.51. The number of Topliss-reactive ketones (excluding diaryl/α,β-unsaturated/α-hetero) is 1. The molecule has 0 unspecified atom stereocenters. The number of allylic oxidation sites excluding steroid dienone is 1. The molecule has 0 atom stereocenters. The normalized spacial score (nSPS) is 9.53. The average Bonchev–Trinajstić information content (AvgIpc) is 2.38. The first-order chi connectivity index (χ1) is 8.74. The zero-order valence-electron chi connectivity index (χ0n) is 11.2. The minimum atomic E-state index is 0. The topological polar surface area (TPSA) is 26.3 Å². The van der Waals surface area contributed by atoms with Gasteiger partial charge in [0.05, 0.1) is 6.61 Å². The van der Waals surface area contributed by atoms with E-state index in [0.717, 1.165) is 30.8 Å². The van der Waals surface area contributed by atoms with E-state index in [4.69, 9.17) is 4.74 Å². The Hall–Kier alpha value is -1.57. The highest BCUT2D eigenvalue weighted by molar-refractivity contribution is 5.94. The molecule has 0 bridgehead atoms. The Morgan fingerprint density at radius 1 is 1.16 bits per heavy atom. The standard InChI is InChI=1S/C16H22O2.CH4/c1-3-4-5-6-7-8-13-18-16-11-9-15(10-12-16)14(2)17;/h3,9-12H,1,4-8,13H2,2H3;1H4. The molecule has 2 heteroatoms. The monoisotopic (exact) mass is 262 g/mol. The molecule has 1 aromatic carbocycles. The van der Waals surface area contributed by atoms with E-state index in [1.165, 1.54) is 19.3 Å². The molecule has 0 saturated heterocycles. The predicted octanol–water partition coefficient (Wildman–Crippen LogP) is 5.04. The number of hydrogen-bond acceptors (Lipinski definition) is 2. The summed E-state index contributed by atoms with van der Waals surface area (Å²) >= 11 is 0. The molecule has 0 aromatic heterocycles. The van der Waals surface area contributed by atoms with Gasteiger partial charge in [-0.05, 0) is 50.5 Å². The van der Waals surface area contributed by atoms with E-state index in [1.54, 1.807) is 6.92 Å². The first-order valence-electron chi connectivity index (χ1n) is 6.58. The first-order valence-corrected chi connectivity index (χ1v) is 6.58. The third kappa shape index (κ3) is 7.45. The van der Waals surface area contributed by atoms with Gasteiger partial charge in [0.25, 0.3) is 0 Å². The summed E-state index contributed by atoms with van der Waals surface area (Å²) in [7, 11) is 0. The van der Waals surface area contributed by atoms with Gasteiger partial charge in [0.15, 0.2) is 5.78 Å². The van der Waals surface area contributed by atoms with Crippen LogP contribution in [0.25, 0.3) is 0 Å². The second kappa shape index (κ2) is 10.4. The Labute approximate surface area is 117 Å². The van der Waals surface area contributed by atoms with Gasteiger partial charge in [0, 0.05) is 5.56 Å². The molecule has 0 aliphatic heterocycles. The summed E-state index contributed by atoms with van der Waals surface area (Å²) in [4.78, 5) is 11.1. The van der Waals surface area contributed by atoms with Crippen LogP contribution in [0.4, 0.5) is 0 Å². The first kappa shape index (κ1) is 17.4. The van der Waals surface area contributed by atoms with E-state index in [1.807, 2.05) is 30.3 Å². The van der Waals surface area contributed by atoms with Crippen molar-refractivity contribution in [2.45, 2.75) is 46.5 Å². The highest BCUT2D eigenvalue weighted by atomic mass is 16.5. The van der Waals surface area contributed by atoms with Crippen molar-refractivity contribution >= 4 is 5.78 Å². The second-order valence-corrected chi connectivity index (χ2v) is 4.42. The maximum Gasteiger partial charge on any atom is 0.159 e. The summed E-state index contributed by atoms with van der Waals surface area (Å²) in [5.74, 6) is 0.926. The van der Waals surface area contributed by atoms with Crippen molar-refractivity contribution in [2.75, 3.05) is 6.61 Å². The average molecular weight is 262 g/mol. The number of unbranched alkanes of at least 4 members (excludes halogenated alkanes) is 4. The van der Waals surface area contributed by atoms with Gasteiger partial charge in [0.1, 0.15) is 5.75 Å². The maximum atomic E-state index is 11.1. The SMILES string of the molecule is C.C=CCCCCCCOc1ccc(C(C)=O)cc1. The fourth-order valence-corrected chi connectivity index (χ4v) is 1.72. The lowest BCUT2D eigenvalue weighted by Crippen LogP contribution is -1.98. The molecule has 1 rings (SSSR count). The van der Waals surface area contributed by atoms with Crippen molar-refractivity contribution in [3.63, 3.8) is 0 Å². The number of rotatable bonds is 9. The smallest absolute Gasteiger partial charge is 0.159 e. The van der Waals surface area contributed by atoms with E-state index in [0.29, 0.717) is 0 Å². The highest BCUT2D eigenvalue weighted by Crippen LogP contribution is 2.13. The van der Waals surface area contributed by atoms with Gasteiger partial charge in [-0.2, -0.15) is 0 Å². The van der Waals surface area contributed by atoms with Gasteiger partial charge >= 0.3 is 0 Å². The molecule has 1 aromatic rings. The van der Waals surface area contributed by atoms with Crippen LogP contribution in [0.1, 0.15) is 56.8 Å². The summed E-state index contributed by atoms with van der Waals surface area (Å²) < 4.78 is 5.62. The maximum absolute atomic E-state index is 11.1. The fraction of sp³-hybridized carbons (Fsp3) is 0.471. The third-order valence-corrected chi connectivity index (χ3v) is 2.83. The molecule has 0 aliphatic carbocycles. The molecular formula is C17H26O2. The van der Waals surface area contributed by atoms with Crippen LogP contribution in [-0.4, -0.2) is 12.4 Å². The fourth-order valence-electron chi connectivity index (χ4n) is 1.72. The van der Waals surface area contributed by atoms with Crippen LogP contribution in [0.15, 0.2) is 36.9 Å². The molecule has 0 radical (unpaired) electrons. The lowest BCUT2D eigenvalue weighted by Gasteiger charge is -2.06.